The molecular weight excluding hydrogens is 358 g/mol. The van der Waals surface area contributed by atoms with Crippen LogP contribution in [0.15, 0.2) is 51.5 Å². The molecule has 0 aliphatic rings. The lowest BCUT2D eigenvalue weighted by molar-refractivity contribution is 0.102. The summed E-state index contributed by atoms with van der Waals surface area (Å²) in [6.07, 6.45) is 0. The highest BCUT2D eigenvalue weighted by atomic mass is 79.9. The van der Waals surface area contributed by atoms with Gasteiger partial charge in [0.2, 0.25) is 11.7 Å². The predicted octanol–water partition coefficient (Wildman–Crippen LogP) is 4.37. The van der Waals surface area contributed by atoms with E-state index in [-0.39, 0.29) is 5.91 Å². The zero-order valence-corrected chi connectivity index (χ0v) is 14.2. The molecule has 0 radical (unpaired) electrons. The average molecular weight is 372 g/mol. The van der Waals surface area contributed by atoms with Crippen LogP contribution in [0.2, 0.25) is 0 Å². The summed E-state index contributed by atoms with van der Waals surface area (Å²) >= 11 is 3.45. The maximum absolute atomic E-state index is 12.4. The van der Waals surface area contributed by atoms with Crippen LogP contribution >= 0.6 is 15.9 Å². The van der Waals surface area contributed by atoms with Crippen LogP contribution in [0.4, 0.5) is 5.69 Å². The molecule has 3 rings (SSSR count). The number of nitrogens with one attached hydrogen (secondary N) is 1. The molecule has 1 aromatic heterocycles. The maximum Gasteiger partial charge on any atom is 0.255 e. The largest absolute Gasteiger partial charge is 0.339 e. The summed E-state index contributed by atoms with van der Waals surface area (Å²) in [4.78, 5) is 16.6. The van der Waals surface area contributed by atoms with Crippen molar-refractivity contribution in [3.05, 3.63) is 64.0 Å². The molecule has 23 heavy (non-hydrogen) atoms. The quantitative estimate of drug-likeness (QED) is 0.742. The topological polar surface area (TPSA) is 68.0 Å². The minimum absolute atomic E-state index is 0.198. The second-order valence-corrected chi connectivity index (χ2v) is 6.01. The highest BCUT2D eigenvalue weighted by molar-refractivity contribution is 9.10. The van der Waals surface area contributed by atoms with Gasteiger partial charge in [-0.3, -0.25) is 4.79 Å². The van der Waals surface area contributed by atoms with Crippen LogP contribution < -0.4 is 5.32 Å². The molecule has 1 N–H and O–H groups in total. The molecule has 0 aliphatic carbocycles. The Labute approximate surface area is 141 Å². The van der Waals surface area contributed by atoms with Gasteiger partial charge < -0.3 is 9.84 Å². The first-order valence-electron chi connectivity index (χ1n) is 7.01. The van der Waals surface area contributed by atoms with Crippen molar-refractivity contribution in [3.8, 4) is 11.4 Å². The lowest BCUT2D eigenvalue weighted by Gasteiger charge is -2.08. The fraction of sp³-hybridized carbons (Fsp3) is 0.118. The monoisotopic (exact) mass is 371 g/mol. The molecule has 0 spiro atoms. The molecule has 0 aliphatic heterocycles. The van der Waals surface area contributed by atoms with Crippen LogP contribution in [0.25, 0.3) is 11.4 Å². The first-order chi connectivity index (χ1) is 11.0. The molecule has 2 aromatic carbocycles. The van der Waals surface area contributed by atoms with Gasteiger partial charge in [0, 0.05) is 22.5 Å². The van der Waals surface area contributed by atoms with Crippen LogP contribution in [0.3, 0.4) is 0 Å². The van der Waals surface area contributed by atoms with Gasteiger partial charge >= 0.3 is 0 Å². The molecule has 0 saturated carbocycles. The van der Waals surface area contributed by atoms with E-state index in [0.717, 1.165) is 21.3 Å². The van der Waals surface area contributed by atoms with Crippen LogP contribution in [-0.2, 0) is 0 Å². The van der Waals surface area contributed by atoms with E-state index in [1.54, 1.807) is 25.1 Å². The zero-order valence-electron chi connectivity index (χ0n) is 12.6. The van der Waals surface area contributed by atoms with E-state index in [1.807, 2.05) is 31.2 Å². The number of carbonyl (C=O) groups excluding carboxylic acids is 1. The van der Waals surface area contributed by atoms with E-state index in [9.17, 15) is 4.79 Å². The van der Waals surface area contributed by atoms with Crippen molar-refractivity contribution in [1.29, 1.82) is 0 Å². The van der Waals surface area contributed by atoms with Crippen molar-refractivity contribution in [2.45, 2.75) is 13.8 Å². The van der Waals surface area contributed by atoms with Crippen molar-refractivity contribution in [1.82, 2.24) is 10.1 Å². The number of amides is 1. The van der Waals surface area contributed by atoms with E-state index in [1.165, 1.54) is 0 Å². The summed E-state index contributed by atoms with van der Waals surface area (Å²) in [6.45, 7) is 3.72. The summed E-state index contributed by atoms with van der Waals surface area (Å²) in [7, 11) is 0. The predicted molar refractivity (Wildman–Crippen MR) is 91.3 cm³/mol. The summed E-state index contributed by atoms with van der Waals surface area (Å²) in [6, 6.07) is 12.9. The highest BCUT2D eigenvalue weighted by Crippen LogP contribution is 2.24. The van der Waals surface area contributed by atoms with Crippen molar-refractivity contribution in [2.75, 3.05) is 5.32 Å². The molecule has 1 amide bonds. The summed E-state index contributed by atoms with van der Waals surface area (Å²) in [5.41, 5.74) is 3.10. The Morgan fingerprint density at radius 1 is 1.17 bits per heavy atom. The van der Waals surface area contributed by atoms with E-state index >= 15 is 0 Å². The van der Waals surface area contributed by atoms with Gasteiger partial charge in [0.05, 0.1) is 5.69 Å². The third-order valence-corrected chi connectivity index (χ3v) is 3.94. The van der Waals surface area contributed by atoms with Crippen molar-refractivity contribution in [2.24, 2.45) is 0 Å². The first-order valence-corrected chi connectivity index (χ1v) is 7.80. The minimum Gasteiger partial charge on any atom is -0.339 e. The Kier molecular flexibility index (Phi) is 4.25. The minimum atomic E-state index is -0.198. The Hall–Kier alpha value is -2.47. The fourth-order valence-corrected chi connectivity index (χ4v) is 2.72. The molecule has 116 valence electrons. The molecule has 0 fully saturated rings. The molecule has 3 aromatic rings. The summed E-state index contributed by atoms with van der Waals surface area (Å²) in [5, 5.41) is 6.76. The van der Waals surface area contributed by atoms with Gasteiger partial charge in [-0.1, -0.05) is 23.4 Å². The maximum atomic E-state index is 12.4. The van der Waals surface area contributed by atoms with E-state index < -0.39 is 0 Å². The number of nitrogens with zero attached hydrogens (tertiary/aromatic N) is 2. The van der Waals surface area contributed by atoms with Crippen LogP contribution in [-0.4, -0.2) is 16.0 Å². The van der Waals surface area contributed by atoms with E-state index in [4.69, 9.17) is 4.52 Å². The molecule has 5 nitrogen and oxygen atoms in total. The number of halogens is 1. The van der Waals surface area contributed by atoms with Crippen LogP contribution in [0, 0.1) is 13.8 Å². The van der Waals surface area contributed by atoms with Crippen molar-refractivity contribution in [3.63, 3.8) is 0 Å². The first kappa shape index (κ1) is 15.4. The van der Waals surface area contributed by atoms with Crippen molar-refractivity contribution >= 4 is 27.5 Å². The molecule has 0 atom stereocenters. The number of benzene rings is 2. The summed E-state index contributed by atoms with van der Waals surface area (Å²) in [5.74, 6) is 0.753. The smallest absolute Gasteiger partial charge is 0.255 e. The second-order valence-electron chi connectivity index (χ2n) is 5.16. The van der Waals surface area contributed by atoms with E-state index in [0.29, 0.717) is 17.3 Å². The third kappa shape index (κ3) is 3.48. The molecule has 1 heterocycles. The van der Waals surface area contributed by atoms with Crippen LogP contribution in [0.5, 0.6) is 0 Å². The normalized spacial score (nSPS) is 10.6. The number of rotatable bonds is 3. The van der Waals surface area contributed by atoms with Crippen LogP contribution in [0.1, 0.15) is 21.8 Å². The number of carbonyl (C=O) groups is 1. The van der Waals surface area contributed by atoms with Gasteiger partial charge in [-0.25, -0.2) is 0 Å². The Balaban J connectivity index is 1.85. The Morgan fingerprint density at radius 2 is 2.00 bits per heavy atom. The Morgan fingerprint density at radius 3 is 2.70 bits per heavy atom. The van der Waals surface area contributed by atoms with Gasteiger partial charge in [0.1, 0.15) is 0 Å². The SMILES string of the molecule is Cc1ccc(NC(=O)c2cccc(-c3noc(C)n3)c2)c(Br)c1. The standard InChI is InChI=1S/C17H14BrN3O2/c1-10-6-7-15(14(18)8-10)20-17(22)13-5-3-4-12(9-13)16-19-11(2)23-21-16/h3-9H,1-2H3,(H,20,22). The molecule has 0 saturated heterocycles. The van der Waals surface area contributed by atoms with Gasteiger partial charge in [-0.2, -0.15) is 4.98 Å². The third-order valence-electron chi connectivity index (χ3n) is 3.28. The number of aromatic nitrogens is 2. The number of hydrogen-bond donors (Lipinski definition) is 1. The van der Waals surface area contributed by atoms with Gasteiger partial charge in [0.15, 0.2) is 0 Å². The fourth-order valence-electron chi connectivity index (χ4n) is 2.13. The Bertz CT molecular complexity index is 874. The lowest BCUT2D eigenvalue weighted by Crippen LogP contribution is -2.12. The lowest BCUT2D eigenvalue weighted by atomic mass is 10.1. The molecule has 0 bridgehead atoms. The number of aryl methyl sites for hydroxylation is 2. The zero-order chi connectivity index (χ0) is 16.4. The number of anilines is 1. The second kappa shape index (κ2) is 6.34. The van der Waals surface area contributed by atoms with E-state index in [2.05, 4.69) is 31.4 Å². The van der Waals surface area contributed by atoms with Gasteiger partial charge in [-0.05, 0) is 52.7 Å². The highest BCUT2D eigenvalue weighted by Gasteiger charge is 2.12. The number of hydrogen-bond acceptors (Lipinski definition) is 4. The van der Waals surface area contributed by atoms with Gasteiger partial charge in [0.25, 0.3) is 5.91 Å². The average Bonchev–Trinajstić information content (AvgIpc) is 2.97. The summed E-state index contributed by atoms with van der Waals surface area (Å²) < 4.78 is 5.82. The molecule has 6 heteroatoms. The van der Waals surface area contributed by atoms with Gasteiger partial charge in [-0.15, -0.1) is 0 Å². The molecular formula is C17H14BrN3O2. The van der Waals surface area contributed by atoms with Crippen molar-refractivity contribution < 1.29 is 9.32 Å². The molecule has 0 unspecified atom stereocenters.